The maximum Gasteiger partial charge on any atom is 0.262 e. The molecule has 3 N–H and O–H groups in total. The molecular weight excluding hydrogens is 753 g/mol. The van der Waals surface area contributed by atoms with Crippen molar-refractivity contribution in [2.45, 2.75) is 62.6 Å². The second kappa shape index (κ2) is 16.5. The van der Waals surface area contributed by atoms with Crippen LogP contribution >= 0.6 is 0 Å². The van der Waals surface area contributed by atoms with E-state index in [1.165, 1.54) is 0 Å². The zero-order chi connectivity index (χ0) is 41.3. The third kappa shape index (κ3) is 8.06. The molecule has 0 spiro atoms. The Morgan fingerprint density at radius 2 is 1.68 bits per heavy atom. The maximum absolute atomic E-state index is 13.8. The monoisotopic (exact) mass is 800 g/mol. The summed E-state index contributed by atoms with van der Waals surface area (Å²) in [4.78, 5) is 82.5. The molecule has 2 saturated heterocycles. The third-order valence-electron chi connectivity index (χ3n) is 12.1. The lowest BCUT2D eigenvalue weighted by Crippen LogP contribution is -2.54. The molecule has 1 aromatic heterocycles. The lowest BCUT2D eigenvalue weighted by Gasteiger charge is -2.36. The minimum absolute atomic E-state index is 0.0804. The molecule has 0 radical (unpaired) electrons. The van der Waals surface area contributed by atoms with E-state index in [2.05, 4.69) is 30.8 Å². The first-order valence-electron chi connectivity index (χ1n) is 20.2. The molecule has 3 aliphatic heterocycles. The zero-order valence-corrected chi connectivity index (χ0v) is 33.2. The van der Waals surface area contributed by atoms with Gasteiger partial charge in [0.05, 0.1) is 42.3 Å². The van der Waals surface area contributed by atoms with Crippen LogP contribution in [0.5, 0.6) is 5.75 Å². The van der Waals surface area contributed by atoms with Crippen molar-refractivity contribution in [3.8, 4) is 16.9 Å². The van der Waals surface area contributed by atoms with Gasteiger partial charge in [-0.3, -0.25) is 48.6 Å². The van der Waals surface area contributed by atoms with Crippen LogP contribution in [0.1, 0.15) is 76.4 Å². The fraction of sp³-hybridized carbons (Fsp3) is 0.386. The van der Waals surface area contributed by atoms with Crippen molar-refractivity contribution >= 4 is 41.1 Å². The molecule has 1 aliphatic carbocycles. The summed E-state index contributed by atoms with van der Waals surface area (Å²) in [7, 11) is 3.21. The van der Waals surface area contributed by atoms with Crippen molar-refractivity contribution < 1.29 is 33.5 Å². The van der Waals surface area contributed by atoms with Gasteiger partial charge in [-0.15, -0.1) is 0 Å². The zero-order valence-electron chi connectivity index (χ0n) is 33.2. The molecule has 2 atom stereocenters. The molecule has 0 bridgehead atoms. The summed E-state index contributed by atoms with van der Waals surface area (Å²) in [5.41, 5.74) is 4.46. The van der Waals surface area contributed by atoms with E-state index in [1.54, 1.807) is 26.3 Å². The quantitative estimate of drug-likeness (QED) is 0.161. The normalized spacial score (nSPS) is 19.3. The summed E-state index contributed by atoms with van der Waals surface area (Å²) in [6, 6.07) is 19.3. The fourth-order valence-electron chi connectivity index (χ4n) is 8.43. The standard InChI is InChI=1S/C44H48N8O7/c1-45-39(54)25-36(47-43(58)44(15-16-44)31-7-10-33(59-2)11-8-31)29-6-3-5-28(23-29)30-26-46-51(27-30)18-4-17-49-19-21-50(22-20-49)32-9-12-34-35(24-32)42(57)52(41(34)56)37-13-14-38(53)48-40(37)55/h3,5-12,23-24,26-27,36-37H,4,13-22,25H2,1-2H3,(H,45,54)(H,47,58)(H,48,53,55). The number of hydrogen-bond acceptors (Lipinski definition) is 10. The topological polar surface area (TPSA) is 175 Å². The van der Waals surface area contributed by atoms with Crippen molar-refractivity contribution in [3.63, 3.8) is 0 Å². The van der Waals surface area contributed by atoms with Crippen LogP contribution in [0, 0.1) is 0 Å². The number of nitrogens with one attached hydrogen (secondary N) is 3. The molecule has 2 unspecified atom stereocenters. The number of amides is 6. The number of methoxy groups -OCH3 is 1. The number of piperazine rings is 1. The minimum atomic E-state index is -0.988. The highest BCUT2D eigenvalue weighted by atomic mass is 16.5. The molecule has 6 amide bonds. The first-order valence-corrected chi connectivity index (χ1v) is 20.2. The second-order valence-electron chi connectivity index (χ2n) is 15.7. The number of piperidine rings is 1. The molecule has 4 aliphatic rings. The number of anilines is 1. The predicted molar refractivity (Wildman–Crippen MR) is 218 cm³/mol. The number of ether oxygens (including phenoxy) is 1. The van der Waals surface area contributed by atoms with Gasteiger partial charge in [-0.2, -0.15) is 5.10 Å². The average Bonchev–Trinajstić information content (AvgIpc) is 3.87. The van der Waals surface area contributed by atoms with E-state index < -0.39 is 41.1 Å². The molecule has 3 fully saturated rings. The van der Waals surface area contributed by atoms with Crippen LogP contribution in [-0.2, 0) is 31.1 Å². The van der Waals surface area contributed by atoms with Crippen LogP contribution in [0.15, 0.2) is 79.1 Å². The number of imide groups is 2. The maximum atomic E-state index is 13.8. The number of carbonyl (C=O) groups excluding carboxylic acids is 6. The Bertz CT molecular complexity index is 2290. The van der Waals surface area contributed by atoms with Crippen LogP contribution < -0.4 is 25.6 Å². The van der Waals surface area contributed by atoms with Gasteiger partial charge in [-0.1, -0.05) is 30.3 Å². The first kappa shape index (κ1) is 39.5. The number of hydrogen-bond donors (Lipinski definition) is 3. The predicted octanol–water partition coefficient (Wildman–Crippen LogP) is 3.20. The number of aromatic nitrogens is 2. The lowest BCUT2D eigenvalue weighted by molar-refractivity contribution is -0.136. The van der Waals surface area contributed by atoms with Crippen molar-refractivity contribution in [3.05, 3.63) is 101 Å². The SMILES string of the molecule is CNC(=O)CC(NC(=O)C1(c2ccc(OC)cc2)CC1)c1cccc(-c2cnn(CCCN3CCN(c4ccc5c(c4)C(=O)N(C4CCC(=O)NC4=O)C5=O)CC3)c2)c1. The van der Waals surface area contributed by atoms with E-state index in [1.807, 2.05) is 71.7 Å². The highest BCUT2D eigenvalue weighted by Crippen LogP contribution is 2.49. The van der Waals surface area contributed by atoms with Gasteiger partial charge in [0.25, 0.3) is 11.8 Å². The van der Waals surface area contributed by atoms with Crippen molar-refractivity contribution in [1.29, 1.82) is 0 Å². The van der Waals surface area contributed by atoms with Crippen molar-refractivity contribution in [1.82, 2.24) is 35.5 Å². The number of benzene rings is 3. The molecule has 8 rings (SSSR count). The third-order valence-corrected chi connectivity index (χ3v) is 12.1. The largest absolute Gasteiger partial charge is 0.497 e. The molecule has 15 nitrogen and oxygen atoms in total. The number of fused-ring (bicyclic) bond motifs is 1. The smallest absolute Gasteiger partial charge is 0.262 e. The first-order chi connectivity index (χ1) is 28.6. The van der Waals surface area contributed by atoms with Crippen LogP contribution in [0.4, 0.5) is 5.69 Å². The molecule has 15 heteroatoms. The van der Waals surface area contributed by atoms with Gasteiger partial charge in [-0.05, 0) is 78.8 Å². The summed E-state index contributed by atoms with van der Waals surface area (Å²) >= 11 is 0. The average molecular weight is 801 g/mol. The summed E-state index contributed by atoms with van der Waals surface area (Å²) in [6.45, 7) is 4.79. The van der Waals surface area contributed by atoms with E-state index in [4.69, 9.17) is 4.74 Å². The molecular formula is C44H48N8O7. The van der Waals surface area contributed by atoms with Gasteiger partial charge in [0, 0.05) is 70.2 Å². The molecule has 3 aromatic carbocycles. The minimum Gasteiger partial charge on any atom is -0.497 e. The van der Waals surface area contributed by atoms with Crippen LogP contribution in [0.25, 0.3) is 11.1 Å². The Morgan fingerprint density at radius 1 is 0.915 bits per heavy atom. The molecule has 4 heterocycles. The molecule has 1 saturated carbocycles. The number of carbonyl (C=O) groups is 6. The van der Waals surface area contributed by atoms with E-state index in [0.717, 1.165) is 97.1 Å². The number of aryl methyl sites for hydroxylation is 1. The van der Waals surface area contributed by atoms with Gasteiger partial charge >= 0.3 is 0 Å². The fourth-order valence-corrected chi connectivity index (χ4v) is 8.43. The molecule has 59 heavy (non-hydrogen) atoms. The Hall–Kier alpha value is -6.35. The Balaban J connectivity index is 0.843. The van der Waals surface area contributed by atoms with Crippen molar-refractivity contribution in [2.24, 2.45) is 0 Å². The summed E-state index contributed by atoms with van der Waals surface area (Å²) in [6.07, 6.45) is 6.55. The van der Waals surface area contributed by atoms with E-state index >= 15 is 0 Å². The summed E-state index contributed by atoms with van der Waals surface area (Å²) < 4.78 is 7.24. The van der Waals surface area contributed by atoms with Crippen LogP contribution in [0.3, 0.4) is 0 Å². The molecule has 306 valence electrons. The van der Waals surface area contributed by atoms with Gasteiger partial charge in [0.15, 0.2) is 0 Å². The van der Waals surface area contributed by atoms with E-state index in [9.17, 15) is 28.8 Å². The highest BCUT2D eigenvalue weighted by Gasteiger charge is 2.52. The van der Waals surface area contributed by atoms with Crippen molar-refractivity contribution in [2.75, 3.05) is 51.8 Å². The summed E-state index contributed by atoms with van der Waals surface area (Å²) in [5, 5.41) is 12.8. The number of rotatable bonds is 14. The van der Waals surface area contributed by atoms with E-state index in [0.29, 0.717) is 0 Å². The van der Waals surface area contributed by atoms with Gasteiger partial charge in [0.2, 0.25) is 23.6 Å². The Labute approximate surface area is 342 Å². The van der Waals surface area contributed by atoms with Gasteiger partial charge in [-0.25, -0.2) is 0 Å². The van der Waals surface area contributed by atoms with Crippen LogP contribution in [0.2, 0.25) is 0 Å². The highest BCUT2D eigenvalue weighted by molar-refractivity contribution is 6.23. The summed E-state index contributed by atoms with van der Waals surface area (Å²) in [5.74, 6) is -1.55. The van der Waals surface area contributed by atoms with Gasteiger partial charge < -0.3 is 20.3 Å². The lowest BCUT2D eigenvalue weighted by atomic mass is 9.93. The Kier molecular flexibility index (Phi) is 11.0. The number of nitrogens with zero attached hydrogens (tertiary/aromatic N) is 5. The van der Waals surface area contributed by atoms with Gasteiger partial charge in [0.1, 0.15) is 11.8 Å². The Morgan fingerprint density at radius 3 is 2.39 bits per heavy atom. The van der Waals surface area contributed by atoms with Crippen LogP contribution in [-0.4, -0.2) is 108 Å². The molecule has 4 aromatic rings. The van der Waals surface area contributed by atoms with E-state index in [-0.39, 0.29) is 42.2 Å². The second-order valence-corrected chi connectivity index (χ2v) is 15.7.